The highest BCUT2D eigenvalue weighted by Gasteiger charge is 2.36. The number of ether oxygens (including phenoxy) is 1. The highest BCUT2D eigenvalue weighted by atomic mass is 35.5. The van der Waals surface area contributed by atoms with Crippen molar-refractivity contribution in [3.05, 3.63) is 63.6 Å². The van der Waals surface area contributed by atoms with Crippen LogP contribution in [0, 0.1) is 0 Å². The van der Waals surface area contributed by atoms with Crippen LogP contribution in [0.1, 0.15) is 43.4 Å². The molecule has 1 aliphatic heterocycles. The van der Waals surface area contributed by atoms with Crippen LogP contribution in [0.15, 0.2) is 42.5 Å². The molecule has 0 bridgehead atoms. The van der Waals surface area contributed by atoms with Gasteiger partial charge in [-0.1, -0.05) is 53.9 Å². The Morgan fingerprint density at radius 3 is 2.63 bits per heavy atom. The van der Waals surface area contributed by atoms with Gasteiger partial charge in [-0.15, -0.1) is 0 Å². The molecule has 0 spiro atoms. The van der Waals surface area contributed by atoms with Gasteiger partial charge in [0.05, 0.1) is 22.7 Å². The first-order valence-corrected chi connectivity index (χ1v) is 9.93. The molecule has 144 valence electrons. The van der Waals surface area contributed by atoms with E-state index >= 15 is 0 Å². The molecule has 0 saturated carbocycles. The van der Waals surface area contributed by atoms with Gasteiger partial charge in [-0.3, -0.25) is 9.69 Å². The molecule has 2 aromatic rings. The minimum Gasteiger partial charge on any atom is -0.494 e. The van der Waals surface area contributed by atoms with E-state index in [4.69, 9.17) is 27.9 Å². The molecule has 6 heteroatoms. The summed E-state index contributed by atoms with van der Waals surface area (Å²) in [6, 6.07) is 12.4. The van der Waals surface area contributed by atoms with Crippen molar-refractivity contribution in [3.63, 3.8) is 0 Å². The third-order valence-electron chi connectivity index (χ3n) is 4.94. The third-order valence-corrected chi connectivity index (χ3v) is 5.78. The summed E-state index contributed by atoms with van der Waals surface area (Å²) in [5.41, 5.74) is 1.79. The summed E-state index contributed by atoms with van der Waals surface area (Å²) in [4.78, 5) is 13.9. The summed E-state index contributed by atoms with van der Waals surface area (Å²) in [5, 5.41) is 10.7. The van der Waals surface area contributed by atoms with Crippen LogP contribution in [0.5, 0.6) is 5.75 Å². The summed E-state index contributed by atoms with van der Waals surface area (Å²) in [6.45, 7) is 3.22. The second-order valence-corrected chi connectivity index (χ2v) is 7.42. The molecule has 0 aliphatic carbocycles. The number of benzene rings is 2. The maximum absolute atomic E-state index is 11.9. The van der Waals surface area contributed by atoms with Gasteiger partial charge in [0.25, 0.3) is 0 Å². The molecule has 1 heterocycles. The molecule has 0 radical (unpaired) electrons. The van der Waals surface area contributed by atoms with E-state index < -0.39 is 12.0 Å². The van der Waals surface area contributed by atoms with Crippen LogP contribution in [-0.2, 0) is 4.79 Å². The maximum atomic E-state index is 11.9. The summed E-state index contributed by atoms with van der Waals surface area (Å²) in [5.74, 6) is -0.0191. The number of piperidine rings is 1. The molecule has 2 unspecified atom stereocenters. The van der Waals surface area contributed by atoms with Gasteiger partial charge in [-0.25, -0.2) is 0 Å². The zero-order chi connectivity index (χ0) is 19.4. The molecule has 0 aromatic heterocycles. The van der Waals surface area contributed by atoms with Gasteiger partial charge in [0.15, 0.2) is 0 Å². The van der Waals surface area contributed by atoms with Crippen molar-refractivity contribution in [1.29, 1.82) is 0 Å². The lowest BCUT2D eigenvalue weighted by atomic mass is 9.91. The van der Waals surface area contributed by atoms with Crippen molar-refractivity contribution in [2.75, 3.05) is 13.2 Å². The topological polar surface area (TPSA) is 49.8 Å². The molecular formula is C21H23Cl2NO3. The van der Waals surface area contributed by atoms with Gasteiger partial charge in [0, 0.05) is 0 Å². The second kappa shape index (κ2) is 8.96. The van der Waals surface area contributed by atoms with E-state index in [9.17, 15) is 9.90 Å². The zero-order valence-electron chi connectivity index (χ0n) is 15.2. The lowest BCUT2D eigenvalue weighted by Gasteiger charge is -2.40. The summed E-state index contributed by atoms with van der Waals surface area (Å²) < 4.78 is 5.54. The lowest BCUT2D eigenvalue weighted by Crippen LogP contribution is -2.46. The molecule has 0 amide bonds. The van der Waals surface area contributed by atoms with Crippen molar-refractivity contribution in [2.45, 2.75) is 38.3 Å². The quantitative estimate of drug-likeness (QED) is 0.694. The van der Waals surface area contributed by atoms with Crippen molar-refractivity contribution in [1.82, 2.24) is 4.90 Å². The van der Waals surface area contributed by atoms with E-state index in [0.29, 0.717) is 29.6 Å². The monoisotopic (exact) mass is 407 g/mol. The van der Waals surface area contributed by atoms with Crippen molar-refractivity contribution >= 4 is 29.2 Å². The largest absolute Gasteiger partial charge is 0.494 e. The fourth-order valence-electron chi connectivity index (χ4n) is 3.72. The standard InChI is InChI=1S/C21H23Cl2NO3/c1-2-27-15-11-9-14(10-12-15)20(16-6-5-7-17(22)19(16)23)24-13-4-3-8-18(24)21(25)26/h5-7,9-12,18,20H,2-4,8,13H2,1H3,(H,25,26). The minimum atomic E-state index is -0.802. The Bertz CT molecular complexity index is 795. The highest BCUT2D eigenvalue weighted by Crippen LogP contribution is 2.40. The molecule has 2 atom stereocenters. The molecule has 2 aromatic carbocycles. The molecule has 1 N–H and O–H groups in total. The summed E-state index contributed by atoms with van der Waals surface area (Å²) in [6.07, 6.45) is 2.49. The molecule has 4 nitrogen and oxygen atoms in total. The predicted octanol–water partition coefficient (Wildman–Crippen LogP) is 5.42. The molecule has 1 aliphatic rings. The Balaban J connectivity index is 2.08. The molecule has 27 heavy (non-hydrogen) atoms. The van der Waals surface area contributed by atoms with Gasteiger partial charge < -0.3 is 9.84 Å². The number of aliphatic carboxylic acids is 1. The Labute approximate surface area is 169 Å². The van der Waals surface area contributed by atoms with Crippen LogP contribution >= 0.6 is 23.2 Å². The lowest BCUT2D eigenvalue weighted by molar-refractivity contribution is -0.145. The van der Waals surface area contributed by atoms with Gasteiger partial charge in [0.1, 0.15) is 11.8 Å². The highest BCUT2D eigenvalue weighted by molar-refractivity contribution is 6.42. The van der Waals surface area contributed by atoms with E-state index in [0.717, 1.165) is 29.7 Å². The summed E-state index contributed by atoms with van der Waals surface area (Å²) >= 11 is 12.8. The van der Waals surface area contributed by atoms with E-state index in [-0.39, 0.29) is 6.04 Å². The van der Waals surface area contributed by atoms with Crippen LogP contribution in [0.25, 0.3) is 0 Å². The molecule has 1 saturated heterocycles. The molecule has 3 rings (SSSR count). The number of hydrogen-bond donors (Lipinski definition) is 1. The number of halogens is 2. The maximum Gasteiger partial charge on any atom is 0.320 e. The predicted molar refractivity (Wildman–Crippen MR) is 108 cm³/mol. The van der Waals surface area contributed by atoms with Crippen molar-refractivity contribution < 1.29 is 14.6 Å². The minimum absolute atomic E-state index is 0.284. The summed E-state index contributed by atoms with van der Waals surface area (Å²) in [7, 11) is 0. The Morgan fingerprint density at radius 2 is 1.96 bits per heavy atom. The average Bonchev–Trinajstić information content (AvgIpc) is 2.67. The van der Waals surface area contributed by atoms with E-state index in [2.05, 4.69) is 0 Å². The first-order valence-electron chi connectivity index (χ1n) is 9.18. The Kier molecular flexibility index (Phi) is 6.64. The van der Waals surface area contributed by atoms with Crippen molar-refractivity contribution in [2.24, 2.45) is 0 Å². The van der Waals surface area contributed by atoms with Crippen LogP contribution in [0.2, 0.25) is 10.0 Å². The number of likely N-dealkylation sites (tertiary alicyclic amines) is 1. The van der Waals surface area contributed by atoms with Crippen molar-refractivity contribution in [3.8, 4) is 5.75 Å². The Hall–Kier alpha value is -1.75. The zero-order valence-corrected chi connectivity index (χ0v) is 16.7. The van der Waals surface area contributed by atoms with E-state index in [1.54, 1.807) is 6.07 Å². The van der Waals surface area contributed by atoms with Crippen LogP contribution in [0.3, 0.4) is 0 Å². The number of hydrogen-bond acceptors (Lipinski definition) is 3. The van der Waals surface area contributed by atoms with Gasteiger partial charge in [-0.05, 0) is 55.6 Å². The normalized spacial score (nSPS) is 18.9. The number of carbonyl (C=O) groups is 1. The SMILES string of the molecule is CCOc1ccc(C(c2cccc(Cl)c2Cl)N2CCCCC2C(=O)O)cc1. The average molecular weight is 408 g/mol. The van der Waals surface area contributed by atoms with Gasteiger partial charge >= 0.3 is 5.97 Å². The number of rotatable bonds is 6. The van der Waals surface area contributed by atoms with Crippen LogP contribution in [0.4, 0.5) is 0 Å². The second-order valence-electron chi connectivity index (χ2n) is 6.64. The van der Waals surface area contributed by atoms with Crippen LogP contribution in [-0.4, -0.2) is 35.2 Å². The fraction of sp³-hybridized carbons (Fsp3) is 0.381. The Morgan fingerprint density at radius 1 is 1.22 bits per heavy atom. The number of carboxylic acids is 1. The van der Waals surface area contributed by atoms with Crippen LogP contribution < -0.4 is 4.74 Å². The molecular weight excluding hydrogens is 385 g/mol. The smallest absolute Gasteiger partial charge is 0.320 e. The van der Waals surface area contributed by atoms with E-state index in [1.165, 1.54) is 0 Å². The van der Waals surface area contributed by atoms with Gasteiger partial charge in [0.2, 0.25) is 0 Å². The first kappa shape index (κ1) is 20.0. The third kappa shape index (κ3) is 4.40. The van der Waals surface area contributed by atoms with Gasteiger partial charge in [-0.2, -0.15) is 0 Å². The number of nitrogens with zero attached hydrogens (tertiary/aromatic N) is 1. The first-order chi connectivity index (χ1) is 13.0. The fourth-order valence-corrected chi connectivity index (χ4v) is 4.13. The molecule has 1 fully saturated rings. The number of carboxylic acid groups (broad SMARTS) is 1. The van der Waals surface area contributed by atoms with E-state index in [1.807, 2.05) is 48.2 Å².